The first-order valence-electron chi connectivity index (χ1n) is 8.42. The van der Waals surface area contributed by atoms with Crippen LogP contribution in [0.4, 0.5) is 0 Å². The van der Waals surface area contributed by atoms with E-state index in [4.69, 9.17) is 9.84 Å². The van der Waals surface area contributed by atoms with Crippen LogP contribution in [0.25, 0.3) is 6.08 Å². The standard InChI is InChI=1S/C19H22N2O4/c1-13(19(23)24)25-17-9-7-14(8-10-17)11-15(12-20)18(22)21-16-5-3-2-4-6-16/h7-11,13,16H,2-6H2,1H3,(H,21,22)(H,23,24)/b15-11-/t13-/m1/s1. The van der Waals surface area contributed by atoms with Crippen molar-refractivity contribution in [2.75, 3.05) is 0 Å². The molecular weight excluding hydrogens is 320 g/mol. The average molecular weight is 342 g/mol. The normalized spacial score (nSPS) is 16.6. The van der Waals surface area contributed by atoms with Gasteiger partial charge in [-0.3, -0.25) is 4.79 Å². The lowest BCUT2D eigenvalue weighted by Crippen LogP contribution is -2.36. The fraction of sp³-hybridized carbons (Fsp3) is 0.421. The van der Waals surface area contributed by atoms with Gasteiger partial charge in [-0.1, -0.05) is 31.4 Å². The molecule has 1 aromatic rings. The first-order valence-corrected chi connectivity index (χ1v) is 8.42. The van der Waals surface area contributed by atoms with Gasteiger partial charge >= 0.3 is 5.97 Å². The number of nitrogens with zero attached hydrogens (tertiary/aromatic N) is 1. The average Bonchev–Trinajstić information content (AvgIpc) is 2.61. The number of hydrogen-bond donors (Lipinski definition) is 2. The first kappa shape index (κ1) is 18.5. The van der Waals surface area contributed by atoms with Gasteiger partial charge in [0.25, 0.3) is 5.91 Å². The molecule has 2 N–H and O–H groups in total. The Morgan fingerprint density at radius 1 is 1.28 bits per heavy atom. The minimum absolute atomic E-state index is 0.0538. The summed E-state index contributed by atoms with van der Waals surface area (Å²) in [6.07, 6.45) is 5.89. The molecule has 0 saturated heterocycles. The first-order chi connectivity index (χ1) is 12.0. The Morgan fingerprint density at radius 2 is 1.92 bits per heavy atom. The van der Waals surface area contributed by atoms with Gasteiger partial charge in [0.05, 0.1) is 0 Å². The molecule has 1 aliphatic rings. The van der Waals surface area contributed by atoms with Crippen LogP contribution in [-0.2, 0) is 9.59 Å². The summed E-state index contributed by atoms with van der Waals surface area (Å²) >= 11 is 0. The summed E-state index contributed by atoms with van der Waals surface area (Å²) in [6.45, 7) is 1.44. The number of carboxylic acids is 1. The molecule has 0 aliphatic heterocycles. The lowest BCUT2D eigenvalue weighted by molar-refractivity contribution is -0.144. The molecule has 6 nitrogen and oxygen atoms in total. The van der Waals surface area contributed by atoms with Crippen molar-refractivity contribution < 1.29 is 19.4 Å². The summed E-state index contributed by atoms with van der Waals surface area (Å²) in [4.78, 5) is 23.0. The van der Waals surface area contributed by atoms with Gasteiger partial charge in [0, 0.05) is 6.04 Å². The molecule has 25 heavy (non-hydrogen) atoms. The van der Waals surface area contributed by atoms with E-state index in [9.17, 15) is 14.9 Å². The number of nitrogens with one attached hydrogen (secondary N) is 1. The van der Waals surface area contributed by atoms with Crippen molar-refractivity contribution in [3.8, 4) is 11.8 Å². The zero-order valence-corrected chi connectivity index (χ0v) is 14.2. The number of rotatable bonds is 6. The summed E-state index contributed by atoms with van der Waals surface area (Å²) in [5, 5.41) is 21.0. The van der Waals surface area contributed by atoms with Crippen LogP contribution in [0.5, 0.6) is 5.75 Å². The van der Waals surface area contributed by atoms with E-state index in [-0.39, 0.29) is 17.5 Å². The Bertz CT molecular complexity index is 682. The summed E-state index contributed by atoms with van der Waals surface area (Å²) in [7, 11) is 0. The van der Waals surface area contributed by atoms with E-state index in [1.54, 1.807) is 24.3 Å². The maximum atomic E-state index is 12.2. The molecule has 1 saturated carbocycles. The molecule has 0 radical (unpaired) electrons. The van der Waals surface area contributed by atoms with Gasteiger partial charge in [0.2, 0.25) is 0 Å². The van der Waals surface area contributed by atoms with Crippen molar-refractivity contribution in [2.45, 2.75) is 51.2 Å². The maximum Gasteiger partial charge on any atom is 0.344 e. The van der Waals surface area contributed by atoms with Crippen LogP contribution in [0.15, 0.2) is 29.8 Å². The third-order valence-corrected chi connectivity index (χ3v) is 4.16. The monoisotopic (exact) mass is 342 g/mol. The second-order valence-corrected chi connectivity index (χ2v) is 6.15. The third kappa shape index (κ3) is 5.64. The number of aliphatic carboxylic acids is 1. The molecule has 0 bridgehead atoms. The molecule has 1 aromatic carbocycles. The van der Waals surface area contributed by atoms with Gasteiger partial charge in [-0.2, -0.15) is 5.26 Å². The molecule has 0 heterocycles. The van der Waals surface area contributed by atoms with E-state index in [1.807, 2.05) is 6.07 Å². The highest BCUT2D eigenvalue weighted by Gasteiger charge is 2.18. The fourth-order valence-electron chi connectivity index (χ4n) is 2.72. The van der Waals surface area contributed by atoms with E-state index < -0.39 is 12.1 Å². The van der Waals surface area contributed by atoms with Crippen molar-refractivity contribution in [2.24, 2.45) is 0 Å². The van der Waals surface area contributed by atoms with E-state index in [1.165, 1.54) is 19.4 Å². The zero-order chi connectivity index (χ0) is 18.2. The van der Waals surface area contributed by atoms with Gasteiger partial charge in [-0.05, 0) is 43.5 Å². The highest BCUT2D eigenvalue weighted by atomic mass is 16.5. The van der Waals surface area contributed by atoms with Crippen LogP contribution < -0.4 is 10.1 Å². The predicted molar refractivity (Wildman–Crippen MR) is 92.8 cm³/mol. The number of ether oxygens (including phenoxy) is 1. The number of benzene rings is 1. The van der Waals surface area contributed by atoms with E-state index in [2.05, 4.69) is 5.32 Å². The van der Waals surface area contributed by atoms with Crippen LogP contribution in [0.3, 0.4) is 0 Å². The Kier molecular flexibility index (Phi) is 6.58. The number of nitriles is 1. The van der Waals surface area contributed by atoms with Gasteiger partial charge in [0.1, 0.15) is 17.4 Å². The molecule has 132 valence electrons. The highest BCUT2D eigenvalue weighted by Crippen LogP contribution is 2.19. The lowest BCUT2D eigenvalue weighted by Gasteiger charge is -2.22. The fourth-order valence-corrected chi connectivity index (χ4v) is 2.72. The van der Waals surface area contributed by atoms with Gasteiger partial charge < -0.3 is 15.2 Å². The van der Waals surface area contributed by atoms with Crippen molar-refractivity contribution in [3.63, 3.8) is 0 Å². The lowest BCUT2D eigenvalue weighted by atomic mass is 9.95. The van der Waals surface area contributed by atoms with Crippen molar-refractivity contribution in [1.82, 2.24) is 5.32 Å². The van der Waals surface area contributed by atoms with Crippen LogP contribution in [0, 0.1) is 11.3 Å². The summed E-state index contributed by atoms with van der Waals surface area (Å²) in [5.41, 5.74) is 0.726. The summed E-state index contributed by atoms with van der Waals surface area (Å²) < 4.78 is 5.25. The topological polar surface area (TPSA) is 99.4 Å². The van der Waals surface area contributed by atoms with Crippen LogP contribution in [0.2, 0.25) is 0 Å². The van der Waals surface area contributed by atoms with E-state index in [0.717, 1.165) is 25.7 Å². The van der Waals surface area contributed by atoms with E-state index >= 15 is 0 Å². The zero-order valence-electron chi connectivity index (χ0n) is 14.2. The number of carbonyl (C=O) groups excluding carboxylic acids is 1. The summed E-state index contributed by atoms with van der Waals surface area (Å²) in [6, 6.07) is 8.66. The molecule has 0 aromatic heterocycles. The Morgan fingerprint density at radius 3 is 2.48 bits per heavy atom. The molecule has 1 atom stereocenters. The largest absolute Gasteiger partial charge is 0.479 e. The van der Waals surface area contributed by atoms with Gasteiger partial charge in [-0.15, -0.1) is 0 Å². The molecule has 1 aliphatic carbocycles. The highest BCUT2D eigenvalue weighted by molar-refractivity contribution is 6.01. The number of hydrogen-bond acceptors (Lipinski definition) is 4. The quantitative estimate of drug-likeness (QED) is 0.612. The van der Waals surface area contributed by atoms with Crippen molar-refractivity contribution in [1.29, 1.82) is 5.26 Å². The van der Waals surface area contributed by atoms with Crippen LogP contribution in [-0.4, -0.2) is 29.1 Å². The van der Waals surface area contributed by atoms with Gasteiger partial charge in [0.15, 0.2) is 6.10 Å². The molecule has 1 amide bonds. The molecule has 0 spiro atoms. The molecular formula is C19H22N2O4. The molecule has 6 heteroatoms. The smallest absolute Gasteiger partial charge is 0.344 e. The Labute approximate surface area is 147 Å². The van der Waals surface area contributed by atoms with E-state index in [0.29, 0.717) is 11.3 Å². The molecule has 1 fully saturated rings. The maximum absolute atomic E-state index is 12.2. The SMILES string of the molecule is C[C@@H](Oc1ccc(/C=C(/C#N)C(=O)NC2CCCCC2)cc1)C(=O)O. The number of carbonyl (C=O) groups is 2. The van der Waals surface area contributed by atoms with Gasteiger partial charge in [-0.25, -0.2) is 4.79 Å². The van der Waals surface area contributed by atoms with Crippen LogP contribution in [0.1, 0.15) is 44.6 Å². The number of amides is 1. The second-order valence-electron chi connectivity index (χ2n) is 6.15. The molecule has 2 rings (SSSR count). The second kappa shape index (κ2) is 8.88. The Balaban J connectivity index is 2.01. The summed E-state index contributed by atoms with van der Waals surface area (Å²) in [5.74, 6) is -0.985. The minimum Gasteiger partial charge on any atom is -0.479 e. The predicted octanol–water partition coefficient (Wildman–Crippen LogP) is 2.89. The van der Waals surface area contributed by atoms with Crippen molar-refractivity contribution in [3.05, 3.63) is 35.4 Å². The minimum atomic E-state index is -1.05. The van der Waals surface area contributed by atoms with Crippen molar-refractivity contribution >= 4 is 18.0 Å². The molecule has 0 unspecified atom stereocenters. The Hall–Kier alpha value is -2.81. The third-order valence-electron chi connectivity index (χ3n) is 4.16. The number of carboxylic acid groups (broad SMARTS) is 1. The van der Waals surface area contributed by atoms with Crippen LogP contribution >= 0.6 is 0 Å².